The molecule has 1 aliphatic heterocycles. The van der Waals surface area contributed by atoms with Gasteiger partial charge in [0.25, 0.3) is 0 Å². The van der Waals surface area contributed by atoms with Crippen molar-refractivity contribution in [2.45, 2.75) is 19.3 Å². The molecular formula is C16H20N4O3S. The summed E-state index contributed by atoms with van der Waals surface area (Å²) in [5.74, 6) is 0. The van der Waals surface area contributed by atoms with Crippen molar-refractivity contribution in [1.82, 2.24) is 19.8 Å². The van der Waals surface area contributed by atoms with Gasteiger partial charge >= 0.3 is 6.09 Å². The van der Waals surface area contributed by atoms with Crippen LogP contribution in [0.25, 0.3) is 0 Å². The fourth-order valence-corrected chi connectivity index (χ4v) is 2.89. The molecule has 2 aromatic rings. The number of ether oxygens (including phenoxy) is 2. The number of rotatable bonds is 6. The van der Waals surface area contributed by atoms with Crippen LogP contribution in [0.4, 0.5) is 4.79 Å². The Balaban J connectivity index is 1.40. The lowest BCUT2D eigenvalue weighted by molar-refractivity contribution is -0.0271. The van der Waals surface area contributed by atoms with Crippen molar-refractivity contribution in [3.63, 3.8) is 0 Å². The molecule has 1 amide bonds. The van der Waals surface area contributed by atoms with Gasteiger partial charge in [-0.05, 0) is 17.1 Å². The number of aromatic nitrogens is 2. The molecule has 0 bridgehead atoms. The van der Waals surface area contributed by atoms with Crippen LogP contribution in [0.5, 0.6) is 0 Å². The lowest BCUT2D eigenvalue weighted by Gasteiger charge is -2.32. The van der Waals surface area contributed by atoms with Crippen LogP contribution < -0.4 is 5.32 Å². The first-order chi connectivity index (χ1) is 11.8. The summed E-state index contributed by atoms with van der Waals surface area (Å²) in [6.45, 7) is 3.19. The number of amides is 1. The van der Waals surface area contributed by atoms with E-state index in [9.17, 15) is 4.79 Å². The first-order valence-electron chi connectivity index (χ1n) is 7.85. The third kappa shape index (κ3) is 4.98. The van der Waals surface area contributed by atoms with E-state index in [0.717, 1.165) is 11.3 Å². The van der Waals surface area contributed by atoms with Gasteiger partial charge in [0.1, 0.15) is 6.61 Å². The van der Waals surface area contributed by atoms with E-state index < -0.39 is 0 Å². The maximum absolute atomic E-state index is 12.2. The van der Waals surface area contributed by atoms with Gasteiger partial charge in [-0.3, -0.25) is 0 Å². The highest BCUT2D eigenvalue weighted by atomic mass is 32.1. The van der Waals surface area contributed by atoms with Crippen LogP contribution >= 0.6 is 11.5 Å². The van der Waals surface area contributed by atoms with E-state index in [0.29, 0.717) is 32.8 Å². The van der Waals surface area contributed by atoms with Crippen molar-refractivity contribution in [3.8, 4) is 0 Å². The number of morpholine rings is 1. The van der Waals surface area contributed by atoms with E-state index in [4.69, 9.17) is 9.47 Å². The molecular weight excluding hydrogens is 328 g/mol. The van der Waals surface area contributed by atoms with Crippen molar-refractivity contribution in [3.05, 3.63) is 47.0 Å². The largest absolute Gasteiger partial charge is 0.445 e. The predicted octanol–water partition coefficient (Wildman–Crippen LogP) is 1.67. The highest BCUT2D eigenvalue weighted by Gasteiger charge is 2.25. The maximum atomic E-state index is 12.2. The molecule has 3 rings (SSSR count). The Morgan fingerprint density at radius 1 is 1.42 bits per heavy atom. The smallest absolute Gasteiger partial charge is 0.410 e. The number of carbonyl (C=O) groups is 1. The number of hydrogen-bond donors (Lipinski definition) is 1. The minimum absolute atomic E-state index is 0.0466. The molecule has 8 heteroatoms. The third-order valence-electron chi connectivity index (χ3n) is 3.69. The van der Waals surface area contributed by atoms with E-state index >= 15 is 0 Å². The second kappa shape index (κ2) is 8.72. The minimum Gasteiger partial charge on any atom is -0.445 e. The quantitative estimate of drug-likeness (QED) is 0.856. The van der Waals surface area contributed by atoms with Crippen LogP contribution in [0.15, 0.2) is 35.7 Å². The van der Waals surface area contributed by atoms with Gasteiger partial charge in [-0.2, -0.15) is 0 Å². The number of hydrogen-bond acceptors (Lipinski definition) is 7. The molecule has 2 heterocycles. The molecule has 24 heavy (non-hydrogen) atoms. The third-order valence-corrected chi connectivity index (χ3v) is 4.24. The van der Waals surface area contributed by atoms with Crippen LogP contribution in [0.2, 0.25) is 0 Å². The number of nitrogens with zero attached hydrogens (tertiary/aromatic N) is 3. The molecule has 1 saturated heterocycles. The molecule has 7 nitrogen and oxygen atoms in total. The Morgan fingerprint density at radius 3 is 3.08 bits per heavy atom. The number of benzene rings is 1. The van der Waals surface area contributed by atoms with Crippen molar-refractivity contribution >= 4 is 17.6 Å². The Labute approximate surface area is 144 Å². The first kappa shape index (κ1) is 16.8. The molecule has 0 spiro atoms. The zero-order valence-corrected chi connectivity index (χ0v) is 14.1. The summed E-state index contributed by atoms with van der Waals surface area (Å²) < 4.78 is 14.9. The zero-order chi connectivity index (χ0) is 16.6. The monoisotopic (exact) mass is 348 g/mol. The molecule has 1 atom stereocenters. The lowest BCUT2D eigenvalue weighted by atomic mass is 10.2. The SMILES string of the molecule is O=C(OCc1ccccc1)N1CCOC(CNCc2csnn2)C1. The molecule has 1 aromatic heterocycles. The Hall–Kier alpha value is -2.03. The Kier molecular flexibility index (Phi) is 6.11. The molecule has 0 saturated carbocycles. The average Bonchev–Trinajstić information content (AvgIpc) is 3.14. The summed E-state index contributed by atoms with van der Waals surface area (Å²) in [5, 5.41) is 9.16. The molecule has 128 valence electrons. The van der Waals surface area contributed by atoms with Gasteiger partial charge in [0, 0.05) is 25.0 Å². The van der Waals surface area contributed by atoms with Gasteiger partial charge in [-0.25, -0.2) is 4.79 Å². The summed E-state index contributed by atoms with van der Waals surface area (Å²) >= 11 is 1.33. The van der Waals surface area contributed by atoms with Crippen LogP contribution in [-0.2, 0) is 22.6 Å². The molecule has 1 aromatic carbocycles. The average molecular weight is 348 g/mol. The molecule has 0 aliphatic carbocycles. The molecule has 1 aliphatic rings. The highest BCUT2D eigenvalue weighted by molar-refractivity contribution is 7.03. The number of carbonyl (C=O) groups excluding carboxylic acids is 1. The van der Waals surface area contributed by atoms with E-state index in [1.807, 2.05) is 35.7 Å². The minimum atomic E-state index is -0.296. The van der Waals surface area contributed by atoms with Crippen LogP contribution in [0.1, 0.15) is 11.3 Å². The van der Waals surface area contributed by atoms with Crippen molar-refractivity contribution in [1.29, 1.82) is 0 Å². The normalized spacial score (nSPS) is 17.7. The van der Waals surface area contributed by atoms with Crippen LogP contribution in [0, 0.1) is 0 Å². The van der Waals surface area contributed by atoms with E-state index in [1.54, 1.807) is 4.90 Å². The van der Waals surface area contributed by atoms with E-state index in [2.05, 4.69) is 14.9 Å². The fraction of sp³-hybridized carbons (Fsp3) is 0.438. The Morgan fingerprint density at radius 2 is 2.29 bits per heavy atom. The second-order valence-electron chi connectivity index (χ2n) is 5.51. The Bertz CT molecular complexity index is 624. The van der Waals surface area contributed by atoms with Gasteiger partial charge in [0.15, 0.2) is 0 Å². The summed E-state index contributed by atoms with van der Waals surface area (Å²) in [6, 6.07) is 9.67. The maximum Gasteiger partial charge on any atom is 0.410 e. The standard InChI is InChI=1S/C16H20N4O3S/c21-16(23-11-13-4-2-1-3-5-13)20-6-7-22-15(10-20)9-17-8-14-12-24-19-18-14/h1-5,12,15,17H,6-11H2. The molecule has 1 unspecified atom stereocenters. The van der Waals surface area contributed by atoms with Gasteiger partial charge < -0.3 is 19.7 Å². The van der Waals surface area contributed by atoms with Crippen molar-refractivity contribution < 1.29 is 14.3 Å². The first-order valence-corrected chi connectivity index (χ1v) is 8.69. The fourth-order valence-electron chi connectivity index (χ4n) is 2.44. The summed E-state index contributed by atoms with van der Waals surface area (Å²) in [7, 11) is 0. The summed E-state index contributed by atoms with van der Waals surface area (Å²) in [4.78, 5) is 13.9. The van der Waals surface area contributed by atoms with Gasteiger partial charge in [0.2, 0.25) is 0 Å². The topological polar surface area (TPSA) is 76.6 Å². The summed E-state index contributed by atoms with van der Waals surface area (Å²) in [5.41, 5.74) is 1.89. The molecule has 0 radical (unpaired) electrons. The lowest BCUT2D eigenvalue weighted by Crippen LogP contribution is -2.49. The summed E-state index contributed by atoms with van der Waals surface area (Å²) in [6.07, 6.45) is -0.342. The van der Waals surface area contributed by atoms with Crippen molar-refractivity contribution in [2.24, 2.45) is 0 Å². The highest BCUT2D eigenvalue weighted by Crippen LogP contribution is 2.09. The van der Waals surface area contributed by atoms with Gasteiger partial charge in [-0.1, -0.05) is 34.8 Å². The number of nitrogens with one attached hydrogen (secondary N) is 1. The van der Waals surface area contributed by atoms with Gasteiger partial charge in [0.05, 0.1) is 24.9 Å². The van der Waals surface area contributed by atoms with Crippen molar-refractivity contribution in [2.75, 3.05) is 26.2 Å². The van der Waals surface area contributed by atoms with Gasteiger partial charge in [-0.15, -0.1) is 5.10 Å². The van der Waals surface area contributed by atoms with Crippen LogP contribution in [-0.4, -0.2) is 52.9 Å². The van der Waals surface area contributed by atoms with E-state index in [-0.39, 0.29) is 18.8 Å². The molecule has 1 N–H and O–H groups in total. The second-order valence-corrected chi connectivity index (χ2v) is 6.12. The van der Waals surface area contributed by atoms with E-state index in [1.165, 1.54) is 11.5 Å². The zero-order valence-electron chi connectivity index (χ0n) is 13.3. The predicted molar refractivity (Wildman–Crippen MR) is 89.6 cm³/mol. The molecule has 1 fully saturated rings. The van der Waals surface area contributed by atoms with Crippen LogP contribution in [0.3, 0.4) is 0 Å².